The summed E-state index contributed by atoms with van der Waals surface area (Å²) in [7, 11) is -3.46. The van der Waals surface area contributed by atoms with Crippen molar-refractivity contribution in [1.82, 2.24) is 9.71 Å². The van der Waals surface area contributed by atoms with Crippen molar-refractivity contribution in [3.8, 4) is 11.3 Å². The first-order chi connectivity index (χ1) is 11.1. The summed E-state index contributed by atoms with van der Waals surface area (Å²) in [5.74, 6) is 0. The number of hydrogen-bond donors (Lipinski definition) is 1. The molecule has 0 saturated heterocycles. The van der Waals surface area contributed by atoms with Gasteiger partial charge in [-0.05, 0) is 47.7 Å². The van der Waals surface area contributed by atoms with E-state index in [4.69, 9.17) is 0 Å². The maximum absolute atomic E-state index is 12.3. The molecule has 3 heterocycles. The molecule has 0 atom stereocenters. The minimum atomic E-state index is -3.46. The van der Waals surface area contributed by atoms with Crippen molar-refractivity contribution in [2.24, 2.45) is 0 Å². The van der Waals surface area contributed by atoms with Gasteiger partial charge in [-0.2, -0.15) is 11.3 Å². The molecule has 3 aromatic rings. The van der Waals surface area contributed by atoms with Crippen LogP contribution in [0.5, 0.6) is 0 Å². The topological polar surface area (TPSA) is 59.1 Å². The van der Waals surface area contributed by atoms with Crippen LogP contribution in [0.3, 0.4) is 0 Å². The first-order valence-electron chi connectivity index (χ1n) is 7.14. The molecule has 4 nitrogen and oxygen atoms in total. The second-order valence-corrected chi connectivity index (χ2v) is 8.90. The van der Waals surface area contributed by atoms with Gasteiger partial charge in [0.05, 0.1) is 5.69 Å². The second-order valence-electron chi connectivity index (χ2n) is 4.96. The average Bonchev–Trinajstić information content (AvgIpc) is 3.24. The van der Waals surface area contributed by atoms with E-state index in [2.05, 4.69) is 9.71 Å². The maximum atomic E-state index is 12.3. The van der Waals surface area contributed by atoms with Crippen molar-refractivity contribution in [2.75, 3.05) is 0 Å². The second kappa shape index (κ2) is 6.92. The van der Waals surface area contributed by atoms with E-state index in [1.54, 1.807) is 23.6 Å². The standard InChI is InChI=1S/C16H16N2O2S3/c1-2-14-3-4-16(22-14)23(19,20)18-10-12-5-7-17-15(9-12)13-6-8-21-11-13/h3-9,11,18H,2,10H2,1H3. The summed E-state index contributed by atoms with van der Waals surface area (Å²) >= 11 is 2.92. The number of nitrogens with zero attached hydrogens (tertiary/aromatic N) is 1. The molecule has 3 rings (SSSR count). The van der Waals surface area contributed by atoms with Crippen LogP contribution in [0, 0.1) is 0 Å². The van der Waals surface area contributed by atoms with E-state index in [-0.39, 0.29) is 6.54 Å². The molecule has 0 unspecified atom stereocenters. The Morgan fingerprint density at radius 3 is 2.78 bits per heavy atom. The monoisotopic (exact) mass is 364 g/mol. The van der Waals surface area contributed by atoms with Crippen molar-refractivity contribution in [3.63, 3.8) is 0 Å². The Balaban J connectivity index is 1.74. The fourth-order valence-corrected chi connectivity index (χ4v) is 5.10. The maximum Gasteiger partial charge on any atom is 0.250 e. The first-order valence-corrected chi connectivity index (χ1v) is 10.4. The van der Waals surface area contributed by atoms with Gasteiger partial charge in [0.25, 0.3) is 0 Å². The average molecular weight is 365 g/mol. The highest BCUT2D eigenvalue weighted by Gasteiger charge is 2.16. The highest BCUT2D eigenvalue weighted by atomic mass is 32.2. The van der Waals surface area contributed by atoms with Crippen LogP contribution < -0.4 is 4.72 Å². The third-order valence-corrected chi connectivity index (χ3v) is 7.16. The summed E-state index contributed by atoms with van der Waals surface area (Å²) < 4.78 is 27.7. The Morgan fingerprint density at radius 2 is 2.09 bits per heavy atom. The molecule has 0 radical (unpaired) electrons. The van der Waals surface area contributed by atoms with E-state index in [0.717, 1.165) is 28.1 Å². The van der Waals surface area contributed by atoms with Crippen LogP contribution in [-0.4, -0.2) is 13.4 Å². The predicted octanol–water partition coefficient (Wildman–Crippen LogP) is 3.91. The minimum Gasteiger partial charge on any atom is -0.256 e. The summed E-state index contributed by atoms with van der Waals surface area (Å²) in [6, 6.07) is 9.26. The molecule has 0 aliphatic rings. The number of aryl methyl sites for hydroxylation is 1. The van der Waals surface area contributed by atoms with Gasteiger partial charge in [0.1, 0.15) is 4.21 Å². The number of nitrogens with one attached hydrogen (secondary N) is 1. The number of aromatic nitrogens is 1. The van der Waals surface area contributed by atoms with Crippen LogP contribution in [0.25, 0.3) is 11.3 Å². The predicted molar refractivity (Wildman–Crippen MR) is 95.3 cm³/mol. The third-order valence-electron chi connectivity index (χ3n) is 3.36. The van der Waals surface area contributed by atoms with Gasteiger partial charge in [-0.3, -0.25) is 4.98 Å². The third kappa shape index (κ3) is 3.87. The van der Waals surface area contributed by atoms with Crippen molar-refractivity contribution >= 4 is 32.7 Å². The van der Waals surface area contributed by atoms with Gasteiger partial charge >= 0.3 is 0 Å². The lowest BCUT2D eigenvalue weighted by molar-refractivity contribution is 0.583. The molecule has 0 bridgehead atoms. The normalized spacial score (nSPS) is 11.7. The summed E-state index contributed by atoms with van der Waals surface area (Å²) in [5, 5.41) is 4.02. The molecule has 120 valence electrons. The number of hydrogen-bond acceptors (Lipinski definition) is 5. The lowest BCUT2D eigenvalue weighted by Crippen LogP contribution is -2.22. The first kappa shape index (κ1) is 16.3. The molecule has 0 amide bonds. The van der Waals surface area contributed by atoms with Gasteiger partial charge in [0, 0.05) is 28.6 Å². The zero-order chi connectivity index (χ0) is 16.3. The van der Waals surface area contributed by atoms with Gasteiger partial charge in [0.2, 0.25) is 10.0 Å². The van der Waals surface area contributed by atoms with E-state index < -0.39 is 10.0 Å². The minimum absolute atomic E-state index is 0.251. The number of rotatable bonds is 6. The zero-order valence-electron chi connectivity index (χ0n) is 12.5. The number of pyridine rings is 1. The SMILES string of the molecule is CCc1ccc(S(=O)(=O)NCc2ccnc(-c3ccsc3)c2)s1. The van der Waals surface area contributed by atoms with Crippen molar-refractivity contribution in [2.45, 2.75) is 24.1 Å². The van der Waals surface area contributed by atoms with Crippen LogP contribution in [0.2, 0.25) is 0 Å². The Bertz CT molecular complexity index is 884. The molecule has 0 saturated carbocycles. The molecule has 1 N–H and O–H groups in total. The molecule has 7 heteroatoms. The molecule has 0 aliphatic carbocycles. The van der Waals surface area contributed by atoms with Crippen molar-refractivity contribution in [3.05, 3.63) is 57.7 Å². The molecule has 0 fully saturated rings. The molecule has 3 aromatic heterocycles. The van der Waals surface area contributed by atoms with E-state index in [1.807, 2.05) is 41.9 Å². The van der Waals surface area contributed by atoms with Crippen LogP contribution >= 0.6 is 22.7 Å². The summed E-state index contributed by atoms with van der Waals surface area (Å²) in [6.45, 7) is 2.26. The van der Waals surface area contributed by atoms with Gasteiger partial charge in [0.15, 0.2) is 0 Å². The fourth-order valence-electron chi connectivity index (χ4n) is 2.09. The Labute approximate surface area is 143 Å². The van der Waals surface area contributed by atoms with Gasteiger partial charge in [-0.15, -0.1) is 11.3 Å². The van der Waals surface area contributed by atoms with E-state index in [9.17, 15) is 8.42 Å². The van der Waals surface area contributed by atoms with E-state index in [0.29, 0.717) is 4.21 Å². The smallest absolute Gasteiger partial charge is 0.250 e. The van der Waals surface area contributed by atoms with Gasteiger partial charge < -0.3 is 0 Å². The highest BCUT2D eigenvalue weighted by molar-refractivity contribution is 7.91. The molecule has 23 heavy (non-hydrogen) atoms. The Kier molecular flexibility index (Phi) is 4.91. The van der Waals surface area contributed by atoms with Gasteiger partial charge in [-0.1, -0.05) is 6.92 Å². The molecular weight excluding hydrogens is 348 g/mol. The Hall–Kier alpha value is -1.54. The van der Waals surface area contributed by atoms with Crippen molar-refractivity contribution < 1.29 is 8.42 Å². The van der Waals surface area contributed by atoms with Crippen LogP contribution in [0.1, 0.15) is 17.4 Å². The van der Waals surface area contributed by atoms with Crippen LogP contribution in [0.4, 0.5) is 0 Å². The van der Waals surface area contributed by atoms with Crippen LogP contribution in [0.15, 0.2) is 51.5 Å². The quantitative estimate of drug-likeness (QED) is 0.721. The summed E-state index contributed by atoms with van der Waals surface area (Å²) in [4.78, 5) is 5.39. The summed E-state index contributed by atoms with van der Waals surface area (Å²) in [6.07, 6.45) is 2.55. The van der Waals surface area contributed by atoms with Gasteiger partial charge in [-0.25, -0.2) is 13.1 Å². The molecule has 0 aromatic carbocycles. The Morgan fingerprint density at radius 1 is 1.22 bits per heavy atom. The molecular formula is C16H16N2O2S3. The largest absolute Gasteiger partial charge is 0.256 e. The number of thiophene rings is 2. The summed E-state index contributed by atoms with van der Waals surface area (Å²) in [5.41, 5.74) is 2.79. The van der Waals surface area contributed by atoms with Crippen LogP contribution in [-0.2, 0) is 23.0 Å². The van der Waals surface area contributed by atoms with Crippen molar-refractivity contribution in [1.29, 1.82) is 0 Å². The van der Waals surface area contributed by atoms with E-state index >= 15 is 0 Å². The highest BCUT2D eigenvalue weighted by Crippen LogP contribution is 2.23. The molecule has 0 aliphatic heterocycles. The lowest BCUT2D eigenvalue weighted by atomic mass is 10.1. The fraction of sp³-hybridized carbons (Fsp3) is 0.188. The zero-order valence-corrected chi connectivity index (χ0v) is 15.0. The number of sulfonamides is 1. The molecule has 0 spiro atoms. The van der Waals surface area contributed by atoms with E-state index in [1.165, 1.54) is 11.3 Å². The lowest BCUT2D eigenvalue weighted by Gasteiger charge is -2.06.